The summed E-state index contributed by atoms with van der Waals surface area (Å²) >= 11 is 2.16. The van der Waals surface area contributed by atoms with Gasteiger partial charge in [-0.3, -0.25) is 4.79 Å². The highest BCUT2D eigenvalue weighted by Gasteiger charge is 2.28. The Morgan fingerprint density at radius 3 is 2.90 bits per heavy atom. The fourth-order valence-electron chi connectivity index (χ4n) is 2.69. The monoisotopic (exact) mass is 388 g/mol. The van der Waals surface area contributed by atoms with Gasteiger partial charge in [0.25, 0.3) is 5.91 Å². The number of phenols is 1. The van der Waals surface area contributed by atoms with E-state index in [2.05, 4.69) is 41.5 Å². The van der Waals surface area contributed by atoms with E-state index in [0.717, 1.165) is 36.0 Å². The molecule has 5 heteroatoms. The average molecular weight is 388 g/mol. The van der Waals surface area contributed by atoms with Crippen molar-refractivity contribution >= 4 is 28.5 Å². The van der Waals surface area contributed by atoms with Crippen molar-refractivity contribution < 1.29 is 9.90 Å². The van der Waals surface area contributed by atoms with Gasteiger partial charge in [0.1, 0.15) is 5.75 Å². The lowest BCUT2D eigenvalue weighted by Gasteiger charge is -2.30. The Balaban J connectivity index is 2.27. The van der Waals surface area contributed by atoms with Crippen molar-refractivity contribution in [2.75, 3.05) is 26.7 Å². The average Bonchev–Trinajstić information content (AvgIpc) is 2.62. The summed E-state index contributed by atoms with van der Waals surface area (Å²) in [4.78, 5) is 16.9. The standard InChI is InChI=1S/C15H21IN2O2/c1-3-12-10-17(2)7-4-8-18(12)15(20)13-9-11(16)5-6-14(13)19/h5-6,9,12,19H,3-4,7-8,10H2,1-2H3. The summed E-state index contributed by atoms with van der Waals surface area (Å²) in [5.41, 5.74) is 0.417. The zero-order valence-corrected chi connectivity index (χ0v) is 14.1. The molecule has 2 rings (SSSR count). The minimum absolute atomic E-state index is 0.0526. The first kappa shape index (κ1) is 15.6. The van der Waals surface area contributed by atoms with Crippen LogP contribution in [-0.2, 0) is 0 Å². The first-order valence-corrected chi connectivity index (χ1v) is 8.08. The van der Waals surface area contributed by atoms with Crippen molar-refractivity contribution in [1.29, 1.82) is 0 Å². The number of halogens is 1. The maximum atomic E-state index is 12.7. The third kappa shape index (κ3) is 3.44. The molecular formula is C15H21IN2O2. The molecule has 0 spiro atoms. The van der Waals surface area contributed by atoms with Gasteiger partial charge in [-0.25, -0.2) is 0 Å². The number of phenolic OH excluding ortho intramolecular Hbond substituents is 1. The third-order valence-corrected chi connectivity index (χ3v) is 4.49. The van der Waals surface area contributed by atoms with Gasteiger partial charge in [-0.05, 0) is 67.2 Å². The molecule has 110 valence electrons. The number of nitrogens with zero attached hydrogens (tertiary/aromatic N) is 2. The molecule has 20 heavy (non-hydrogen) atoms. The molecule has 1 unspecified atom stereocenters. The van der Waals surface area contributed by atoms with Gasteiger partial charge < -0.3 is 14.9 Å². The van der Waals surface area contributed by atoms with Gasteiger partial charge in [0.15, 0.2) is 0 Å². The fraction of sp³-hybridized carbons (Fsp3) is 0.533. The van der Waals surface area contributed by atoms with Crippen LogP contribution < -0.4 is 0 Å². The number of benzene rings is 1. The summed E-state index contributed by atoms with van der Waals surface area (Å²) < 4.78 is 0.962. The molecule has 1 aromatic rings. The molecule has 1 aromatic carbocycles. The van der Waals surface area contributed by atoms with Crippen LogP contribution >= 0.6 is 22.6 Å². The van der Waals surface area contributed by atoms with Gasteiger partial charge in [0.2, 0.25) is 0 Å². The number of rotatable bonds is 2. The zero-order valence-electron chi connectivity index (χ0n) is 12.0. The number of carbonyl (C=O) groups excluding carboxylic acids is 1. The van der Waals surface area contributed by atoms with Crippen molar-refractivity contribution in [3.05, 3.63) is 27.3 Å². The molecule has 1 amide bonds. The van der Waals surface area contributed by atoms with E-state index in [1.807, 2.05) is 4.90 Å². The molecule has 1 heterocycles. The van der Waals surface area contributed by atoms with Crippen LogP contribution in [0.3, 0.4) is 0 Å². The highest BCUT2D eigenvalue weighted by molar-refractivity contribution is 14.1. The van der Waals surface area contributed by atoms with Gasteiger partial charge >= 0.3 is 0 Å². The van der Waals surface area contributed by atoms with E-state index in [-0.39, 0.29) is 17.7 Å². The summed E-state index contributed by atoms with van der Waals surface area (Å²) in [5.74, 6) is 0.0195. The number of aromatic hydroxyl groups is 1. The minimum Gasteiger partial charge on any atom is -0.507 e. The molecule has 0 saturated carbocycles. The molecule has 0 aliphatic carbocycles. The van der Waals surface area contributed by atoms with Gasteiger partial charge in [-0.1, -0.05) is 6.92 Å². The van der Waals surface area contributed by atoms with Crippen LogP contribution in [0.15, 0.2) is 18.2 Å². The first-order valence-electron chi connectivity index (χ1n) is 7.01. The Morgan fingerprint density at radius 2 is 2.20 bits per heavy atom. The third-order valence-electron chi connectivity index (χ3n) is 3.82. The Hall–Kier alpha value is -0.820. The van der Waals surface area contributed by atoms with Crippen LogP contribution in [0.4, 0.5) is 0 Å². The van der Waals surface area contributed by atoms with Crippen LogP contribution in [0.2, 0.25) is 0 Å². The van der Waals surface area contributed by atoms with Crippen LogP contribution in [0, 0.1) is 3.57 Å². The number of likely N-dealkylation sites (N-methyl/N-ethyl adjacent to an activating group) is 1. The molecule has 0 radical (unpaired) electrons. The van der Waals surface area contributed by atoms with E-state index >= 15 is 0 Å². The highest BCUT2D eigenvalue weighted by atomic mass is 127. The molecule has 1 aliphatic heterocycles. The van der Waals surface area contributed by atoms with E-state index < -0.39 is 0 Å². The van der Waals surface area contributed by atoms with Gasteiger partial charge in [0.05, 0.1) is 5.56 Å². The number of hydrogen-bond acceptors (Lipinski definition) is 3. The van der Waals surface area contributed by atoms with E-state index in [9.17, 15) is 9.90 Å². The maximum absolute atomic E-state index is 12.7. The molecule has 1 saturated heterocycles. The summed E-state index contributed by atoms with van der Waals surface area (Å²) in [7, 11) is 2.10. The molecule has 4 nitrogen and oxygen atoms in total. The predicted octanol–water partition coefficient (Wildman–Crippen LogP) is 2.55. The van der Waals surface area contributed by atoms with Crippen LogP contribution in [-0.4, -0.2) is 53.5 Å². The summed E-state index contributed by atoms with van der Waals surface area (Å²) in [6.45, 7) is 4.77. The Morgan fingerprint density at radius 1 is 1.45 bits per heavy atom. The Labute approximate surface area is 133 Å². The lowest BCUT2D eigenvalue weighted by atomic mass is 10.1. The lowest BCUT2D eigenvalue weighted by molar-refractivity contribution is 0.0672. The Kier molecular flexibility index (Phi) is 5.26. The number of hydrogen-bond donors (Lipinski definition) is 1. The second-order valence-corrected chi connectivity index (χ2v) is 6.58. The van der Waals surface area contributed by atoms with Crippen molar-refractivity contribution in [2.24, 2.45) is 0 Å². The molecule has 0 bridgehead atoms. The summed E-state index contributed by atoms with van der Waals surface area (Å²) in [6.07, 6.45) is 1.91. The summed E-state index contributed by atoms with van der Waals surface area (Å²) in [5, 5.41) is 9.96. The van der Waals surface area contributed by atoms with E-state index in [1.54, 1.807) is 18.2 Å². The summed E-state index contributed by atoms with van der Waals surface area (Å²) in [6, 6.07) is 5.38. The second kappa shape index (κ2) is 6.76. The van der Waals surface area contributed by atoms with Crippen LogP contribution in [0.1, 0.15) is 30.1 Å². The van der Waals surface area contributed by atoms with E-state index in [0.29, 0.717) is 5.56 Å². The molecular weight excluding hydrogens is 367 g/mol. The van der Waals surface area contributed by atoms with Crippen molar-refractivity contribution in [2.45, 2.75) is 25.8 Å². The molecule has 1 atom stereocenters. The minimum atomic E-state index is -0.0526. The van der Waals surface area contributed by atoms with Gasteiger partial charge in [-0.2, -0.15) is 0 Å². The highest BCUT2D eigenvalue weighted by Crippen LogP contribution is 2.24. The SMILES string of the molecule is CCC1CN(C)CCCN1C(=O)c1cc(I)ccc1O. The van der Waals surface area contributed by atoms with Crippen molar-refractivity contribution in [3.8, 4) is 5.75 Å². The predicted molar refractivity (Wildman–Crippen MR) is 88.1 cm³/mol. The number of carbonyl (C=O) groups is 1. The lowest BCUT2D eigenvalue weighted by Crippen LogP contribution is -2.43. The zero-order chi connectivity index (χ0) is 14.7. The smallest absolute Gasteiger partial charge is 0.257 e. The largest absolute Gasteiger partial charge is 0.507 e. The molecule has 1 fully saturated rings. The normalized spacial score (nSPS) is 20.8. The van der Waals surface area contributed by atoms with Crippen molar-refractivity contribution in [3.63, 3.8) is 0 Å². The van der Waals surface area contributed by atoms with E-state index in [1.165, 1.54) is 0 Å². The first-order chi connectivity index (χ1) is 9.52. The van der Waals surface area contributed by atoms with Crippen LogP contribution in [0.5, 0.6) is 5.75 Å². The van der Waals surface area contributed by atoms with Gasteiger partial charge in [0, 0.05) is 22.7 Å². The molecule has 0 aromatic heterocycles. The quantitative estimate of drug-likeness (QED) is 0.793. The fourth-order valence-corrected chi connectivity index (χ4v) is 3.19. The molecule has 1 aliphatic rings. The number of amides is 1. The topological polar surface area (TPSA) is 43.8 Å². The van der Waals surface area contributed by atoms with Crippen LogP contribution in [0.25, 0.3) is 0 Å². The maximum Gasteiger partial charge on any atom is 0.257 e. The second-order valence-electron chi connectivity index (χ2n) is 5.34. The van der Waals surface area contributed by atoms with Gasteiger partial charge in [-0.15, -0.1) is 0 Å². The molecule has 1 N–H and O–H groups in total. The Bertz CT molecular complexity index is 493. The van der Waals surface area contributed by atoms with E-state index in [4.69, 9.17) is 0 Å². The van der Waals surface area contributed by atoms with Crippen molar-refractivity contribution in [1.82, 2.24) is 9.80 Å².